The van der Waals surface area contributed by atoms with Crippen molar-refractivity contribution in [3.63, 3.8) is 0 Å². The van der Waals surface area contributed by atoms with Crippen LogP contribution in [0.5, 0.6) is 0 Å². The normalized spacial score (nSPS) is 11.9. The topological polar surface area (TPSA) is 65.5 Å². The number of carbonyl (C=O) groups is 1. The van der Waals surface area contributed by atoms with E-state index in [9.17, 15) is 4.79 Å². The third kappa shape index (κ3) is 8.85. The highest BCUT2D eigenvalue weighted by Crippen LogP contribution is 2.13. The Balaban J connectivity index is 0.00000420. The van der Waals surface area contributed by atoms with E-state index in [1.807, 2.05) is 37.3 Å². The molecule has 6 heteroatoms. The van der Waals surface area contributed by atoms with Gasteiger partial charge in [0.1, 0.15) is 0 Å². The van der Waals surface area contributed by atoms with Crippen molar-refractivity contribution < 1.29 is 4.79 Å². The SMILES string of the molecule is CCCNC(=O)c1cccc(CN=C(NCC)NCC(C)c2ccccc2)c1.I. The van der Waals surface area contributed by atoms with Gasteiger partial charge in [0, 0.05) is 25.2 Å². The van der Waals surface area contributed by atoms with Crippen molar-refractivity contribution in [2.45, 2.75) is 39.7 Å². The van der Waals surface area contributed by atoms with Crippen LogP contribution in [0, 0.1) is 0 Å². The summed E-state index contributed by atoms with van der Waals surface area (Å²) in [4.78, 5) is 16.8. The fraction of sp³-hybridized carbons (Fsp3) is 0.391. The number of carbonyl (C=O) groups excluding carboxylic acids is 1. The standard InChI is InChI=1S/C23H32N4O.HI/c1-4-14-25-22(28)21-13-9-10-19(15-21)17-27-23(24-5-2)26-16-18(3)20-11-7-6-8-12-20;/h6-13,15,18H,4-5,14,16-17H2,1-3H3,(H,25,28)(H2,24,26,27);1H. The second-order valence-electron chi connectivity index (χ2n) is 6.84. The van der Waals surface area contributed by atoms with E-state index in [0.29, 0.717) is 24.6 Å². The summed E-state index contributed by atoms with van der Waals surface area (Å²) in [5.41, 5.74) is 2.99. The first-order valence-corrected chi connectivity index (χ1v) is 10.1. The van der Waals surface area contributed by atoms with Gasteiger partial charge in [0.25, 0.3) is 5.91 Å². The van der Waals surface area contributed by atoms with Crippen LogP contribution in [-0.4, -0.2) is 31.5 Å². The molecule has 1 amide bonds. The number of rotatable bonds is 9. The number of benzene rings is 2. The number of nitrogens with one attached hydrogen (secondary N) is 3. The van der Waals surface area contributed by atoms with Gasteiger partial charge in [-0.3, -0.25) is 4.79 Å². The molecule has 0 heterocycles. The third-order valence-electron chi connectivity index (χ3n) is 4.43. The first kappa shape index (κ1) is 24.9. The monoisotopic (exact) mass is 508 g/mol. The summed E-state index contributed by atoms with van der Waals surface area (Å²) >= 11 is 0. The Morgan fingerprint density at radius 2 is 1.76 bits per heavy atom. The quantitative estimate of drug-likeness (QED) is 0.269. The number of guanidine groups is 1. The number of nitrogens with zero attached hydrogens (tertiary/aromatic N) is 1. The van der Waals surface area contributed by atoms with Gasteiger partial charge in [-0.25, -0.2) is 4.99 Å². The lowest BCUT2D eigenvalue weighted by Gasteiger charge is -2.16. The van der Waals surface area contributed by atoms with E-state index in [4.69, 9.17) is 0 Å². The molecule has 158 valence electrons. The van der Waals surface area contributed by atoms with E-state index in [1.165, 1.54) is 5.56 Å². The minimum absolute atomic E-state index is 0. The zero-order valence-electron chi connectivity index (χ0n) is 17.6. The van der Waals surface area contributed by atoms with Gasteiger partial charge in [-0.05, 0) is 42.5 Å². The van der Waals surface area contributed by atoms with Crippen LogP contribution < -0.4 is 16.0 Å². The average Bonchev–Trinajstić information content (AvgIpc) is 2.74. The molecule has 29 heavy (non-hydrogen) atoms. The lowest BCUT2D eigenvalue weighted by atomic mass is 10.0. The van der Waals surface area contributed by atoms with E-state index in [1.54, 1.807) is 0 Å². The lowest BCUT2D eigenvalue weighted by molar-refractivity contribution is 0.0953. The Bertz CT molecular complexity index is 764. The Morgan fingerprint density at radius 3 is 2.45 bits per heavy atom. The van der Waals surface area contributed by atoms with Crippen molar-refractivity contribution in [3.05, 3.63) is 71.3 Å². The molecule has 1 atom stereocenters. The molecule has 0 spiro atoms. The van der Waals surface area contributed by atoms with Crippen molar-refractivity contribution in [2.24, 2.45) is 4.99 Å². The molecule has 0 bridgehead atoms. The maximum absolute atomic E-state index is 12.1. The number of aliphatic imine (C=N–C) groups is 1. The number of halogens is 1. The minimum atomic E-state index is -0.0330. The second kappa shape index (κ2) is 14.0. The third-order valence-corrected chi connectivity index (χ3v) is 4.43. The van der Waals surface area contributed by atoms with E-state index < -0.39 is 0 Å². The predicted molar refractivity (Wildman–Crippen MR) is 132 cm³/mol. The van der Waals surface area contributed by atoms with Crippen LogP contribution >= 0.6 is 24.0 Å². The molecule has 0 fully saturated rings. The van der Waals surface area contributed by atoms with Crippen molar-refractivity contribution in [1.29, 1.82) is 0 Å². The molecule has 0 saturated heterocycles. The molecule has 1 unspecified atom stereocenters. The average molecular weight is 508 g/mol. The van der Waals surface area contributed by atoms with Crippen molar-refractivity contribution in [2.75, 3.05) is 19.6 Å². The van der Waals surface area contributed by atoms with Crippen LogP contribution in [0.15, 0.2) is 59.6 Å². The summed E-state index contributed by atoms with van der Waals surface area (Å²) in [5.74, 6) is 1.14. The maximum Gasteiger partial charge on any atom is 0.251 e. The molecular weight excluding hydrogens is 475 g/mol. The number of hydrogen-bond acceptors (Lipinski definition) is 2. The predicted octanol–water partition coefficient (Wildman–Crippen LogP) is 4.30. The second-order valence-corrected chi connectivity index (χ2v) is 6.84. The van der Waals surface area contributed by atoms with Crippen LogP contribution in [0.4, 0.5) is 0 Å². The van der Waals surface area contributed by atoms with Crippen molar-refractivity contribution >= 4 is 35.8 Å². The van der Waals surface area contributed by atoms with Crippen LogP contribution in [0.1, 0.15) is 54.6 Å². The smallest absolute Gasteiger partial charge is 0.251 e. The van der Waals surface area contributed by atoms with Gasteiger partial charge >= 0.3 is 0 Å². The van der Waals surface area contributed by atoms with Crippen molar-refractivity contribution in [3.8, 4) is 0 Å². The molecule has 2 rings (SSSR count). The molecule has 5 nitrogen and oxygen atoms in total. The van der Waals surface area contributed by atoms with Crippen LogP contribution in [0.2, 0.25) is 0 Å². The van der Waals surface area contributed by atoms with Crippen LogP contribution in [0.25, 0.3) is 0 Å². The highest BCUT2D eigenvalue weighted by molar-refractivity contribution is 14.0. The molecule has 3 N–H and O–H groups in total. The Kier molecular flexibility index (Phi) is 12.0. The minimum Gasteiger partial charge on any atom is -0.357 e. The van der Waals surface area contributed by atoms with Gasteiger partial charge < -0.3 is 16.0 Å². The van der Waals surface area contributed by atoms with E-state index in [0.717, 1.165) is 31.0 Å². The van der Waals surface area contributed by atoms with Crippen molar-refractivity contribution in [1.82, 2.24) is 16.0 Å². The number of hydrogen-bond donors (Lipinski definition) is 3. The largest absolute Gasteiger partial charge is 0.357 e. The highest BCUT2D eigenvalue weighted by Gasteiger charge is 2.07. The molecule has 0 saturated carbocycles. The summed E-state index contributed by atoms with van der Waals surface area (Å²) in [6, 6.07) is 18.1. The van der Waals surface area contributed by atoms with Gasteiger partial charge in [0.15, 0.2) is 5.96 Å². The molecule has 2 aromatic carbocycles. The summed E-state index contributed by atoms with van der Waals surface area (Å²) in [7, 11) is 0. The lowest BCUT2D eigenvalue weighted by Crippen LogP contribution is -2.39. The zero-order valence-corrected chi connectivity index (χ0v) is 19.9. The maximum atomic E-state index is 12.1. The van der Waals surface area contributed by atoms with E-state index in [2.05, 4.69) is 59.1 Å². The van der Waals surface area contributed by atoms with Gasteiger partial charge in [-0.15, -0.1) is 24.0 Å². The Labute approximate surface area is 191 Å². The summed E-state index contributed by atoms with van der Waals surface area (Å²) in [6.07, 6.45) is 0.925. The fourth-order valence-corrected chi connectivity index (χ4v) is 2.81. The summed E-state index contributed by atoms with van der Waals surface area (Å²) in [5, 5.41) is 9.61. The Hall–Kier alpha value is -2.09. The first-order chi connectivity index (χ1) is 13.6. The highest BCUT2D eigenvalue weighted by atomic mass is 127. The van der Waals surface area contributed by atoms with Gasteiger partial charge in [0.2, 0.25) is 0 Å². The molecule has 0 aliphatic rings. The van der Waals surface area contributed by atoms with E-state index in [-0.39, 0.29) is 29.9 Å². The van der Waals surface area contributed by atoms with E-state index >= 15 is 0 Å². The molecule has 0 aromatic heterocycles. The molecule has 0 aliphatic heterocycles. The van der Waals surface area contributed by atoms with Crippen LogP contribution in [-0.2, 0) is 6.54 Å². The summed E-state index contributed by atoms with van der Waals surface area (Å²) in [6.45, 7) is 9.10. The van der Waals surface area contributed by atoms with Gasteiger partial charge in [0.05, 0.1) is 6.54 Å². The Morgan fingerprint density at radius 1 is 1.00 bits per heavy atom. The van der Waals surface area contributed by atoms with Gasteiger partial charge in [-0.1, -0.05) is 56.3 Å². The summed E-state index contributed by atoms with van der Waals surface area (Å²) < 4.78 is 0. The molecular formula is C23H33IN4O. The molecule has 0 radical (unpaired) electrons. The van der Waals surface area contributed by atoms with Crippen LogP contribution in [0.3, 0.4) is 0 Å². The first-order valence-electron chi connectivity index (χ1n) is 10.1. The fourth-order valence-electron chi connectivity index (χ4n) is 2.81. The number of amides is 1. The van der Waals surface area contributed by atoms with Gasteiger partial charge in [-0.2, -0.15) is 0 Å². The molecule has 0 aliphatic carbocycles. The zero-order chi connectivity index (χ0) is 20.2. The molecule has 2 aromatic rings.